The molecule has 0 unspecified atom stereocenters. The summed E-state index contributed by atoms with van der Waals surface area (Å²) in [4.78, 5) is 13.9. The van der Waals surface area contributed by atoms with Crippen LogP contribution in [0.1, 0.15) is 25.3 Å². The summed E-state index contributed by atoms with van der Waals surface area (Å²) in [7, 11) is 1.79. The van der Waals surface area contributed by atoms with Crippen LogP contribution in [0.15, 0.2) is 28.6 Å². The number of rotatable bonds is 5. The second-order valence-electron chi connectivity index (χ2n) is 4.87. The minimum Gasteiger partial charge on any atom is -0.315 e. The molecule has 0 spiro atoms. The molecule has 1 aromatic carbocycles. The van der Waals surface area contributed by atoms with Crippen molar-refractivity contribution < 1.29 is 4.79 Å². The molecule has 2 aromatic rings. The molecule has 1 N–H and O–H groups in total. The lowest BCUT2D eigenvalue weighted by Gasteiger charge is -2.17. The van der Waals surface area contributed by atoms with Crippen molar-refractivity contribution in [3.05, 3.63) is 33.8 Å². The highest BCUT2D eigenvalue weighted by Crippen LogP contribution is 2.23. The van der Waals surface area contributed by atoms with Gasteiger partial charge < -0.3 is 4.90 Å². The molecule has 0 aliphatic carbocycles. The van der Waals surface area contributed by atoms with E-state index in [2.05, 4.69) is 36.2 Å². The van der Waals surface area contributed by atoms with Gasteiger partial charge in [-0.3, -0.25) is 9.89 Å². The Balaban J connectivity index is 1.96. The van der Waals surface area contributed by atoms with E-state index < -0.39 is 0 Å². The molecule has 0 bridgehead atoms. The van der Waals surface area contributed by atoms with Crippen molar-refractivity contribution in [2.75, 3.05) is 17.7 Å². The minimum absolute atomic E-state index is 0.0402. The van der Waals surface area contributed by atoms with Crippen LogP contribution in [0.3, 0.4) is 0 Å². The third-order valence-corrected chi connectivity index (χ3v) is 5.28. The third kappa shape index (κ3) is 4.39. The SMILES string of the molecule is CC(C)c1ccc(N(C)C(=O)CSc2n[nH]c(=S)s2)cc1. The Kier molecular flexibility index (Phi) is 5.55. The molecule has 21 heavy (non-hydrogen) atoms. The molecule has 1 heterocycles. The quantitative estimate of drug-likeness (QED) is 0.659. The van der Waals surface area contributed by atoms with Crippen LogP contribution in [-0.2, 0) is 4.79 Å². The summed E-state index contributed by atoms with van der Waals surface area (Å²) in [5.41, 5.74) is 2.17. The van der Waals surface area contributed by atoms with Crippen molar-refractivity contribution in [3.8, 4) is 0 Å². The second-order valence-corrected chi connectivity index (χ2v) is 7.75. The van der Waals surface area contributed by atoms with E-state index in [0.717, 1.165) is 10.0 Å². The van der Waals surface area contributed by atoms with Gasteiger partial charge in [0, 0.05) is 12.7 Å². The molecule has 0 radical (unpaired) electrons. The van der Waals surface area contributed by atoms with Gasteiger partial charge in [-0.1, -0.05) is 49.1 Å². The number of amides is 1. The molecule has 0 fully saturated rings. The second kappa shape index (κ2) is 7.20. The van der Waals surface area contributed by atoms with Crippen LogP contribution in [0.5, 0.6) is 0 Å². The highest BCUT2D eigenvalue weighted by molar-refractivity contribution is 8.01. The van der Waals surface area contributed by atoms with Gasteiger partial charge in [0.05, 0.1) is 5.75 Å². The number of nitrogens with one attached hydrogen (secondary N) is 1. The van der Waals surface area contributed by atoms with Crippen molar-refractivity contribution in [2.45, 2.75) is 24.1 Å². The predicted molar refractivity (Wildman–Crippen MR) is 92.0 cm³/mol. The summed E-state index contributed by atoms with van der Waals surface area (Å²) in [5, 5.41) is 6.74. The molecule has 0 saturated heterocycles. The van der Waals surface area contributed by atoms with E-state index in [1.807, 2.05) is 12.1 Å². The van der Waals surface area contributed by atoms with E-state index in [1.165, 1.54) is 28.7 Å². The zero-order valence-corrected chi connectivity index (χ0v) is 14.6. The first-order valence-electron chi connectivity index (χ1n) is 6.52. The van der Waals surface area contributed by atoms with Crippen molar-refractivity contribution in [1.82, 2.24) is 10.2 Å². The normalized spacial score (nSPS) is 10.9. The maximum absolute atomic E-state index is 12.2. The summed E-state index contributed by atoms with van der Waals surface area (Å²) in [5.74, 6) is 0.876. The van der Waals surface area contributed by atoms with Gasteiger partial charge in [-0.25, -0.2) is 0 Å². The van der Waals surface area contributed by atoms with E-state index in [0.29, 0.717) is 15.6 Å². The number of benzene rings is 1. The topological polar surface area (TPSA) is 49.0 Å². The first kappa shape index (κ1) is 16.2. The van der Waals surface area contributed by atoms with Gasteiger partial charge in [0.15, 0.2) is 8.29 Å². The Morgan fingerprint density at radius 1 is 1.43 bits per heavy atom. The lowest BCUT2D eigenvalue weighted by Crippen LogP contribution is -2.27. The van der Waals surface area contributed by atoms with E-state index >= 15 is 0 Å². The van der Waals surface area contributed by atoms with Gasteiger partial charge in [-0.05, 0) is 35.8 Å². The van der Waals surface area contributed by atoms with Crippen LogP contribution < -0.4 is 4.90 Å². The zero-order chi connectivity index (χ0) is 15.4. The maximum atomic E-state index is 12.2. The highest BCUT2D eigenvalue weighted by atomic mass is 32.2. The molecule has 1 aromatic heterocycles. The van der Waals surface area contributed by atoms with E-state index in [9.17, 15) is 4.79 Å². The highest BCUT2D eigenvalue weighted by Gasteiger charge is 2.12. The molecule has 4 nitrogen and oxygen atoms in total. The molecule has 0 atom stereocenters. The molecular weight excluding hydrogens is 322 g/mol. The van der Waals surface area contributed by atoms with Crippen LogP contribution in [0.25, 0.3) is 0 Å². The van der Waals surface area contributed by atoms with Gasteiger partial charge >= 0.3 is 0 Å². The first-order valence-corrected chi connectivity index (χ1v) is 8.73. The number of nitrogens with zero attached hydrogens (tertiary/aromatic N) is 2. The predicted octanol–water partition coefficient (Wildman–Crippen LogP) is 4.08. The summed E-state index contributed by atoms with van der Waals surface area (Å²) < 4.78 is 1.42. The molecule has 0 aliphatic rings. The molecule has 0 aliphatic heterocycles. The number of carbonyl (C=O) groups is 1. The van der Waals surface area contributed by atoms with E-state index in [4.69, 9.17) is 12.2 Å². The fourth-order valence-corrected chi connectivity index (χ4v) is 3.72. The van der Waals surface area contributed by atoms with Crippen LogP contribution in [0.4, 0.5) is 5.69 Å². The molecule has 1 amide bonds. The maximum Gasteiger partial charge on any atom is 0.237 e. The number of thioether (sulfide) groups is 1. The molecule has 112 valence electrons. The fraction of sp³-hybridized carbons (Fsp3) is 0.357. The Labute approximate surface area is 137 Å². The first-order chi connectivity index (χ1) is 9.97. The summed E-state index contributed by atoms with van der Waals surface area (Å²) in [6.45, 7) is 4.30. The number of aromatic amines is 1. The van der Waals surface area contributed by atoms with Crippen LogP contribution in [-0.4, -0.2) is 28.9 Å². The molecule has 0 saturated carbocycles. The van der Waals surface area contributed by atoms with Crippen molar-refractivity contribution in [2.24, 2.45) is 0 Å². The van der Waals surface area contributed by atoms with Crippen molar-refractivity contribution in [1.29, 1.82) is 0 Å². The molecular formula is C14H17N3OS3. The number of hydrogen-bond acceptors (Lipinski definition) is 5. The van der Waals surface area contributed by atoms with E-state index in [1.54, 1.807) is 11.9 Å². The van der Waals surface area contributed by atoms with Crippen LogP contribution in [0, 0.1) is 3.95 Å². The lowest BCUT2D eigenvalue weighted by molar-refractivity contribution is -0.115. The average molecular weight is 340 g/mol. The van der Waals surface area contributed by atoms with Crippen molar-refractivity contribution in [3.63, 3.8) is 0 Å². The number of anilines is 1. The third-order valence-electron chi connectivity index (χ3n) is 3.06. The van der Waals surface area contributed by atoms with Gasteiger partial charge in [-0.2, -0.15) is 5.10 Å². The Morgan fingerprint density at radius 3 is 2.62 bits per heavy atom. The van der Waals surface area contributed by atoms with Crippen LogP contribution in [0.2, 0.25) is 0 Å². The Bertz CT molecular complexity index is 661. The largest absolute Gasteiger partial charge is 0.315 e. The fourth-order valence-electron chi connectivity index (χ4n) is 1.73. The number of H-pyrrole nitrogens is 1. The summed E-state index contributed by atoms with van der Waals surface area (Å²) in [6.07, 6.45) is 0. The van der Waals surface area contributed by atoms with Gasteiger partial charge in [0.1, 0.15) is 0 Å². The van der Waals surface area contributed by atoms with Crippen molar-refractivity contribution >= 4 is 46.9 Å². The smallest absolute Gasteiger partial charge is 0.237 e. The number of hydrogen-bond donors (Lipinski definition) is 1. The van der Waals surface area contributed by atoms with Gasteiger partial charge in [0.2, 0.25) is 5.91 Å². The standard InChI is InChI=1S/C14H17N3OS3/c1-9(2)10-4-6-11(7-5-10)17(3)12(18)8-20-14-16-15-13(19)21-14/h4-7,9H,8H2,1-3H3,(H,15,19). The summed E-state index contributed by atoms with van der Waals surface area (Å²) in [6, 6.07) is 8.10. The Hall–Kier alpha value is -1.18. The van der Waals surface area contributed by atoms with E-state index in [-0.39, 0.29) is 5.91 Å². The molecule has 2 rings (SSSR count). The minimum atomic E-state index is 0.0402. The summed E-state index contributed by atoms with van der Waals surface area (Å²) >= 11 is 7.75. The van der Waals surface area contributed by atoms with Crippen LogP contribution >= 0.6 is 35.3 Å². The number of aromatic nitrogens is 2. The van der Waals surface area contributed by atoms with Gasteiger partial charge in [0.25, 0.3) is 0 Å². The monoisotopic (exact) mass is 339 g/mol. The number of carbonyl (C=O) groups excluding carboxylic acids is 1. The lowest BCUT2D eigenvalue weighted by atomic mass is 10.0. The Morgan fingerprint density at radius 2 is 2.10 bits per heavy atom. The van der Waals surface area contributed by atoms with Gasteiger partial charge in [-0.15, -0.1) is 0 Å². The molecule has 7 heteroatoms. The average Bonchev–Trinajstić information content (AvgIpc) is 2.89. The zero-order valence-electron chi connectivity index (χ0n) is 12.1.